The van der Waals surface area contributed by atoms with E-state index in [1.54, 1.807) is 12.1 Å². The zero-order chi connectivity index (χ0) is 20.9. The number of nitrogens with two attached hydrogens (primary N) is 1. The van der Waals surface area contributed by atoms with Gasteiger partial charge in [0.15, 0.2) is 0 Å². The highest BCUT2D eigenvalue weighted by Crippen LogP contribution is 2.37. The molecule has 0 bridgehead atoms. The van der Waals surface area contributed by atoms with Crippen molar-refractivity contribution >= 4 is 46.2 Å². The number of carbonyl (C=O) groups excluding carboxylic acids is 1. The van der Waals surface area contributed by atoms with E-state index in [0.29, 0.717) is 21.5 Å². The standard InChI is InChI=1S/C18H18N8O2S2/c19-8-13-12-5-1-2-6-14(12)30-16(13)22-15(27)10-29-18-25-24-17(26(18)20)23-21-9-11-4-3-7-28-11/h3-4,7,9H,1-2,5-6,10,20H2,(H,22,27)(H,23,24)/b21-9+. The number of hydrogen-bond acceptors (Lipinski definition) is 10. The monoisotopic (exact) mass is 442 g/mol. The van der Waals surface area contributed by atoms with Gasteiger partial charge in [0.25, 0.3) is 5.95 Å². The molecule has 1 aliphatic rings. The molecule has 10 nitrogen and oxygen atoms in total. The van der Waals surface area contributed by atoms with E-state index >= 15 is 0 Å². The highest BCUT2D eigenvalue weighted by Gasteiger charge is 2.22. The van der Waals surface area contributed by atoms with Gasteiger partial charge in [0, 0.05) is 4.88 Å². The second-order valence-electron chi connectivity index (χ2n) is 6.43. The number of hydrazone groups is 1. The number of aromatic nitrogens is 3. The lowest BCUT2D eigenvalue weighted by Crippen LogP contribution is -2.16. The highest BCUT2D eigenvalue weighted by molar-refractivity contribution is 7.99. The number of rotatable bonds is 7. The van der Waals surface area contributed by atoms with Gasteiger partial charge in [0.1, 0.15) is 16.8 Å². The molecule has 0 fully saturated rings. The van der Waals surface area contributed by atoms with E-state index in [1.165, 1.54) is 33.4 Å². The number of nitriles is 1. The normalized spacial score (nSPS) is 13.2. The predicted octanol–water partition coefficient (Wildman–Crippen LogP) is 2.57. The Hall–Kier alpha value is -3.30. The molecule has 30 heavy (non-hydrogen) atoms. The van der Waals surface area contributed by atoms with Gasteiger partial charge < -0.3 is 15.6 Å². The maximum Gasteiger partial charge on any atom is 0.264 e. The first kappa shape index (κ1) is 20.0. The van der Waals surface area contributed by atoms with Crippen LogP contribution in [-0.4, -0.2) is 32.7 Å². The van der Waals surface area contributed by atoms with Crippen LogP contribution < -0.4 is 16.6 Å². The van der Waals surface area contributed by atoms with E-state index in [1.807, 2.05) is 0 Å². The lowest BCUT2D eigenvalue weighted by atomic mass is 9.96. The Kier molecular flexibility index (Phi) is 6.01. The number of nitrogens with one attached hydrogen (secondary N) is 2. The molecule has 0 aliphatic heterocycles. The van der Waals surface area contributed by atoms with Crippen LogP contribution in [0.3, 0.4) is 0 Å². The Labute approximate surface area is 180 Å². The first-order chi connectivity index (χ1) is 14.7. The quantitative estimate of drug-likeness (QED) is 0.219. The van der Waals surface area contributed by atoms with Crippen LogP contribution in [0, 0.1) is 11.3 Å². The molecular weight excluding hydrogens is 424 g/mol. The zero-order valence-corrected chi connectivity index (χ0v) is 17.4. The van der Waals surface area contributed by atoms with Crippen molar-refractivity contribution in [2.45, 2.75) is 30.8 Å². The number of fused-ring (bicyclic) bond motifs is 1. The molecular formula is C18H18N8O2S2. The Bertz CT molecular complexity index is 1110. The van der Waals surface area contributed by atoms with Gasteiger partial charge in [-0.25, -0.2) is 10.1 Å². The summed E-state index contributed by atoms with van der Waals surface area (Å²) in [7, 11) is 0. The molecule has 0 spiro atoms. The molecule has 12 heteroatoms. The third-order valence-corrected chi connectivity index (χ3v) is 6.58. The SMILES string of the molecule is N#Cc1c(NC(=O)CSc2nnc(N/N=C/c3ccco3)n2N)sc2c1CCCC2. The van der Waals surface area contributed by atoms with Crippen LogP contribution >= 0.6 is 23.1 Å². The third kappa shape index (κ3) is 4.32. The number of thiophene rings is 1. The van der Waals surface area contributed by atoms with Crippen molar-refractivity contribution < 1.29 is 9.21 Å². The molecule has 4 N–H and O–H groups in total. The molecule has 154 valence electrons. The van der Waals surface area contributed by atoms with Crippen molar-refractivity contribution in [3.05, 3.63) is 40.2 Å². The van der Waals surface area contributed by atoms with Crippen LogP contribution in [0.25, 0.3) is 0 Å². The van der Waals surface area contributed by atoms with Gasteiger partial charge in [-0.1, -0.05) is 11.8 Å². The molecule has 3 heterocycles. The second kappa shape index (κ2) is 9.02. The summed E-state index contributed by atoms with van der Waals surface area (Å²) in [5.74, 6) is 6.59. The number of furan rings is 1. The molecule has 0 atom stereocenters. The van der Waals surface area contributed by atoms with Crippen molar-refractivity contribution in [1.29, 1.82) is 5.26 Å². The number of anilines is 2. The average molecular weight is 443 g/mol. The molecule has 3 aromatic rings. The Morgan fingerprint density at radius 2 is 2.33 bits per heavy atom. The summed E-state index contributed by atoms with van der Waals surface area (Å²) < 4.78 is 6.34. The first-order valence-electron chi connectivity index (χ1n) is 9.16. The summed E-state index contributed by atoms with van der Waals surface area (Å²) in [5.41, 5.74) is 4.35. The molecule has 3 aromatic heterocycles. The summed E-state index contributed by atoms with van der Waals surface area (Å²) in [6.45, 7) is 0. The summed E-state index contributed by atoms with van der Waals surface area (Å²) in [4.78, 5) is 13.6. The van der Waals surface area contributed by atoms with Crippen LogP contribution in [0.5, 0.6) is 0 Å². The van der Waals surface area contributed by atoms with Crippen LogP contribution in [0.15, 0.2) is 33.1 Å². The number of aryl methyl sites for hydroxylation is 1. The second-order valence-corrected chi connectivity index (χ2v) is 8.47. The van der Waals surface area contributed by atoms with Gasteiger partial charge in [0.05, 0.1) is 23.8 Å². The van der Waals surface area contributed by atoms with Crippen LogP contribution in [-0.2, 0) is 17.6 Å². The van der Waals surface area contributed by atoms with Crippen LogP contribution in [0.1, 0.15) is 34.6 Å². The third-order valence-electron chi connectivity index (χ3n) is 4.43. The van der Waals surface area contributed by atoms with Gasteiger partial charge in [-0.15, -0.1) is 21.5 Å². The largest absolute Gasteiger partial charge is 0.463 e. The Morgan fingerprint density at radius 1 is 1.47 bits per heavy atom. The lowest BCUT2D eigenvalue weighted by molar-refractivity contribution is -0.113. The zero-order valence-electron chi connectivity index (χ0n) is 15.8. The fourth-order valence-electron chi connectivity index (χ4n) is 3.04. The first-order valence-corrected chi connectivity index (χ1v) is 11.0. The van der Waals surface area contributed by atoms with Gasteiger partial charge >= 0.3 is 0 Å². The summed E-state index contributed by atoms with van der Waals surface area (Å²) in [5, 5.41) is 25.2. The van der Waals surface area contributed by atoms with Crippen LogP contribution in [0.4, 0.5) is 10.9 Å². The molecule has 0 saturated carbocycles. The van der Waals surface area contributed by atoms with Gasteiger partial charge in [-0.3, -0.25) is 4.79 Å². The number of carbonyl (C=O) groups is 1. The van der Waals surface area contributed by atoms with E-state index in [-0.39, 0.29) is 17.6 Å². The molecule has 4 rings (SSSR count). The van der Waals surface area contributed by atoms with Gasteiger partial charge in [0.2, 0.25) is 11.1 Å². The molecule has 0 aromatic carbocycles. The number of amides is 1. The fraction of sp³-hybridized carbons (Fsp3) is 0.278. The van der Waals surface area contributed by atoms with Crippen molar-refractivity contribution in [1.82, 2.24) is 14.9 Å². The maximum atomic E-state index is 12.4. The minimum Gasteiger partial charge on any atom is -0.463 e. The van der Waals surface area contributed by atoms with Crippen molar-refractivity contribution in [2.75, 3.05) is 22.3 Å². The van der Waals surface area contributed by atoms with Gasteiger partial charge in [-0.2, -0.15) is 10.4 Å². The van der Waals surface area contributed by atoms with E-state index in [4.69, 9.17) is 10.3 Å². The minimum absolute atomic E-state index is 0.0818. The number of nitrogens with zero attached hydrogens (tertiary/aromatic N) is 5. The average Bonchev–Trinajstić information content (AvgIpc) is 3.46. The molecule has 0 saturated heterocycles. The molecule has 1 amide bonds. The summed E-state index contributed by atoms with van der Waals surface area (Å²) >= 11 is 2.63. The number of hydrogen-bond donors (Lipinski definition) is 3. The smallest absolute Gasteiger partial charge is 0.264 e. The van der Waals surface area contributed by atoms with E-state index in [2.05, 4.69) is 32.1 Å². The number of nitrogen functional groups attached to an aromatic ring is 1. The Morgan fingerprint density at radius 3 is 3.13 bits per heavy atom. The summed E-state index contributed by atoms with van der Waals surface area (Å²) in [6, 6.07) is 5.74. The Balaban J connectivity index is 1.34. The molecule has 0 unspecified atom stereocenters. The molecule has 1 aliphatic carbocycles. The van der Waals surface area contributed by atoms with E-state index in [9.17, 15) is 10.1 Å². The van der Waals surface area contributed by atoms with Crippen molar-refractivity contribution in [3.63, 3.8) is 0 Å². The van der Waals surface area contributed by atoms with E-state index in [0.717, 1.165) is 43.0 Å². The summed E-state index contributed by atoms with van der Waals surface area (Å²) in [6.07, 6.45) is 7.08. The van der Waals surface area contributed by atoms with Crippen LogP contribution in [0.2, 0.25) is 0 Å². The predicted molar refractivity (Wildman–Crippen MR) is 115 cm³/mol. The highest BCUT2D eigenvalue weighted by atomic mass is 32.2. The topological polar surface area (TPSA) is 147 Å². The van der Waals surface area contributed by atoms with E-state index < -0.39 is 0 Å². The van der Waals surface area contributed by atoms with Gasteiger partial charge in [-0.05, 0) is 43.4 Å². The number of thioether (sulfide) groups is 1. The lowest BCUT2D eigenvalue weighted by Gasteiger charge is -2.09. The minimum atomic E-state index is -0.233. The molecule has 0 radical (unpaired) electrons. The fourth-order valence-corrected chi connectivity index (χ4v) is 4.95. The van der Waals surface area contributed by atoms with Crippen molar-refractivity contribution in [3.8, 4) is 6.07 Å². The maximum absolute atomic E-state index is 12.4. The van der Waals surface area contributed by atoms with Crippen molar-refractivity contribution in [2.24, 2.45) is 5.10 Å².